The molecule has 5 nitrogen and oxygen atoms in total. The summed E-state index contributed by atoms with van der Waals surface area (Å²) in [5.41, 5.74) is 0.889. The smallest absolute Gasteiger partial charge is 0.394 e. The SMILES string of the molecule is CCCNCc1coc(OC2CCOCC2)n1. The standard InChI is InChI=1S/C12H20N2O3/c1-2-5-13-8-10-9-16-12(14-10)17-11-3-6-15-7-4-11/h9,11,13H,2-8H2,1H3. The van der Waals surface area contributed by atoms with E-state index < -0.39 is 0 Å². The zero-order chi connectivity index (χ0) is 11.9. The summed E-state index contributed by atoms with van der Waals surface area (Å²) in [6.45, 7) is 5.37. The minimum atomic E-state index is 0.179. The predicted molar refractivity (Wildman–Crippen MR) is 63.0 cm³/mol. The first kappa shape index (κ1) is 12.4. The molecule has 1 aliphatic rings. The molecular weight excluding hydrogens is 220 g/mol. The molecule has 1 aliphatic heterocycles. The molecule has 1 fully saturated rings. The Morgan fingerprint density at radius 3 is 3.06 bits per heavy atom. The molecule has 17 heavy (non-hydrogen) atoms. The third kappa shape index (κ3) is 4.02. The molecular formula is C12H20N2O3. The monoisotopic (exact) mass is 240 g/mol. The van der Waals surface area contributed by atoms with Gasteiger partial charge in [0.15, 0.2) is 0 Å². The molecule has 0 unspecified atom stereocenters. The summed E-state index contributed by atoms with van der Waals surface area (Å²) in [5.74, 6) is 0. The van der Waals surface area contributed by atoms with E-state index in [1.807, 2.05) is 0 Å². The molecule has 1 N–H and O–H groups in total. The van der Waals surface area contributed by atoms with Gasteiger partial charge >= 0.3 is 6.08 Å². The van der Waals surface area contributed by atoms with Gasteiger partial charge < -0.3 is 19.2 Å². The van der Waals surface area contributed by atoms with Crippen molar-refractivity contribution in [2.75, 3.05) is 19.8 Å². The number of nitrogens with zero attached hydrogens (tertiary/aromatic N) is 1. The van der Waals surface area contributed by atoms with Crippen LogP contribution in [0.3, 0.4) is 0 Å². The van der Waals surface area contributed by atoms with Gasteiger partial charge in [-0.2, -0.15) is 4.98 Å². The third-order valence-corrected chi connectivity index (χ3v) is 2.70. The van der Waals surface area contributed by atoms with Gasteiger partial charge in [0.2, 0.25) is 0 Å². The van der Waals surface area contributed by atoms with E-state index in [-0.39, 0.29) is 6.10 Å². The number of nitrogens with one attached hydrogen (secondary N) is 1. The molecule has 2 rings (SSSR count). The fourth-order valence-corrected chi connectivity index (χ4v) is 1.75. The number of hydrogen-bond acceptors (Lipinski definition) is 5. The molecule has 2 heterocycles. The van der Waals surface area contributed by atoms with Crippen molar-refractivity contribution in [3.8, 4) is 6.08 Å². The number of hydrogen-bond donors (Lipinski definition) is 1. The second-order valence-electron chi connectivity index (χ2n) is 4.21. The van der Waals surface area contributed by atoms with Crippen molar-refractivity contribution in [2.24, 2.45) is 0 Å². The lowest BCUT2D eigenvalue weighted by Crippen LogP contribution is -2.26. The molecule has 0 bridgehead atoms. The average Bonchev–Trinajstić information content (AvgIpc) is 2.79. The minimum Gasteiger partial charge on any atom is -0.447 e. The van der Waals surface area contributed by atoms with Crippen LogP contribution in [0.1, 0.15) is 31.9 Å². The first-order valence-electron chi connectivity index (χ1n) is 6.28. The Balaban J connectivity index is 1.76. The largest absolute Gasteiger partial charge is 0.447 e. The van der Waals surface area contributed by atoms with Gasteiger partial charge in [-0.15, -0.1) is 0 Å². The van der Waals surface area contributed by atoms with E-state index in [1.54, 1.807) is 6.26 Å². The average molecular weight is 240 g/mol. The van der Waals surface area contributed by atoms with Crippen molar-refractivity contribution >= 4 is 0 Å². The van der Waals surface area contributed by atoms with Gasteiger partial charge in [-0.1, -0.05) is 6.92 Å². The highest BCUT2D eigenvalue weighted by molar-refractivity contribution is 5.00. The molecule has 0 radical (unpaired) electrons. The van der Waals surface area contributed by atoms with E-state index in [9.17, 15) is 0 Å². The Hall–Kier alpha value is -1.07. The maximum Gasteiger partial charge on any atom is 0.394 e. The van der Waals surface area contributed by atoms with E-state index in [1.165, 1.54) is 0 Å². The molecule has 0 aliphatic carbocycles. The van der Waals surface area contributed by atoms with E-state index in [0.29, 0.717) is 6.08 Å². The molecule has 1 aromatic heterocycles. The van der Waals surface area contributed by atoms with Crippen LogP contribution < -0.4 is 10.1 Å². The van der Waals surface area contributed by atoms with Crippen molar-refractivity contribution < 1.29 is 13.9 Å². The zero-order valence-corrected chi connectivity index (χ0v) is 10.3. The van der Waals surface area contributed by atoms with E-state index in [4.69, 9.17) is 13.9 Å². The van der Waals surface area contributed by atoms with Crippen LogP contribution in [-0.2, 0) is 11.3 Å². The lowest BCUT2D eigenvalue weighted by molar-refractivity contribution is 0.0133. The molecule has 0 spiro atoms. The van der Waals surface area contributed by atoms with Crippen LogP contribution in [-0.4, -0.2) is 30.8 Å². The predicted octanol–water partition coefficient (Wildman–Crippen LogP) is 1.73. The summed E-state index contributed by atoms with van der Waals surface area (Å²) in [5, 5.41) is 3.27. The quantitative estimate of drug-likeness (QED) is 0.767. The summed E-state index contributed by atoms with van der Waals surface area (Å²) in [4.78, 5) is 4.28. The second-order valence-corrected chi connectivity index (χ2v) is 4.21. The molecule has 0 saturated carbocycles. The third-order valence-electron chi connectivity index (χ3n) is 2.70. The van der Waals surface area contributed by atoms with Crippen molar-refractivity contribution in [2.45, 2.75) is 38.8 Å². The van der Waals surface area contributed by atoms with Crippen molar-refractivity contribution in [3.05, 3.63) is 12.0 Å². The van der Waals surface area contributed by atoms with Gasteiger partial charge in [-0.05, 0) is 13.0 Å². The molecule has 96 valence electrons. The highest BCUT2D eigenvalue weighted by Crippen LogP contribution is 2.17. The Kier molecular flexibility index (Phi) is 4.82. The fraction of sp³-hybridized carbons (Fsp3) is 0.750. The summed E-state index contributed by atoms with van der Waals surface area (Å²) in [7, 11) is 0. The first-order valence-corrected chi connectivity index (χ1v) is 6.28. The van der Waals surface area contributed by atoms with Crippen LogP contribution in [0.5, 0.6) is 6.08 Å². The van der Waals surface area contributed by atoms with Crippen LogP contribution in [0, 0.1) is 0 Å². The molecule has 1 aromatic rings. The number of ether oxygens (including phenoxy) is 2. The summed E-state index contributed by atoms with van der Waals surface area (Å²) < 4.78 is 16.2. The number of aromatic nitrogens is 1. The Morgan fingerprint density at radius 1 is 1.47 bits per heavy atom. The van der Waals surface area contributed by atoms with E-state index >= 15 is 0 Å². The lowest BCUT2D eigenvalue weighted by Gasteiger charge is -2.20. The zero-order valence-electron chi connectivity index (χ0n) is 10.3. The molecule has 1 saturated heterocycles. The maximum absolute atomic E-state index is 5.66. The fourth-order valence-electron chi connectivity index (χ4n) is 1.75. The van der Waals surface area contributed by atoms with Gasteiger partial charge in [0.05, 0.1) is 18.9 Å². The first-order chi connectivity index (χ1) is 8.38. The molecule has 0 atom stereocenters. The summed E-state index contributed by atoms with van der Waals surface area (Å²) >= 11 is 0. The van der Waals surface area contributed by atoms with Gasteiger partial charge in [-0.3, -0.25) is 0 Å². The van der Waals surface area contributed by atoms with E-state index in [0.717, 1.165) is 51.3 Å². The molecule has 0 amide bonds. The highest BCUT2D eigenvalue weighted by Gasteiger charge is 2.17. The Morgan fingerprint density at radius 2 is 2.29 bits per heavy atom. The maximum atomic E-state index is 5.66. The van der Waals surface area contributed by atoms with Crippen LogP contribution in [0.15, 0.2) is 10.7 Å². The number of rotatable bonds is 6. The van der Waals surface area contributed by atoms with Crippen LogP contribution >= 0.6 is 0 Å². The molecule has 5 heteroatoms. The van der Waals surface area contributed by atoms with Crippen LogP contribution in [0.4, 0.5) is 0 Å². The van der Waals surface area contributed by atoms with E-state index in [2.05, 4.69) is 17.2 Å². The normalized spacial score (nSPS) is 17.2. The highest BCUT2D eigenvalue weighted by atomic mass is 16.6. The van der Waals surface area contributed by atoms with Gasteiger partial charge in [0.1, 0.15) is 12.4 Å². The molecule has 0 aromatic carbocycles. The van der Waals surface area contributed by atoms with Crippen molar-refractivity contribution in [3.63, 3.8) is 0 Å². The van der Waals surface area contributed by atoms with Crippen LogP contribution in [0.2, 0.25) is 0 Å². The second kappa shape index (κ2) is 6.61. The van der Waals surface area contributed by atoms with Crippen molar-refractivity contribution in [1.82, 2.24) is 10.3 Å². The summed E-state index contributed by atoms with van der Waals surface area (Å²) in [6, 6.07) is 0. The topological polar surface area (TPSA) is 56.5 Å². The van der Waals surface area contributed by atoms with Crippen LogP contribution in [0.25, 0.3) is 0 Å². The van der Waals surface area contributed by atoms with Gasteiger partial charge in [-0.25, -0.2) is 0 Å². The van der Waals surface area contributed by atoms with Gasteiger partial charge in [0, 0.05) is 19.4 Å². The van der Waals surface area contributed by atoms with Gasteiger partial charge in [0.25, 0.3) is 0 Å². The number of oxazole rings is 1. The Labute approximate surface area is 102 Å². The lowest BCUT2D eigenvalue weighted by atomic mass is 10.2. The van der Waals surface area contributed by atoms with Crippen molar-refractivity contribution in [1.29, 1.82) is 0 Å². The Bertz CT molecular complexity index is 321. The minimum absolute atomic E-state index is 0.179. The summed E-state index contributed by atoms with van der Waals surface area (Å²) in [6.07, 6.45) is 5.14.